The molecule has 0 unspecified atom stereocenters. The second kappa shape index (κ2) is 16.1. The van der Waals surface area contributed by atoms with Crippen molar-refractivity contribution >= 4 is 27.9 Å². The van der Waals surface area contributed by atoms with Crippen molar-refractivity contribution in [2.24, 2.45) is 10.7 Å². The van der Waals surface area contributed by atoms with Crippen molar-refractivity contribution in [2.75, 3.05) is 6.54 Å². The first kappa shape index (κ1) is 38.8. The second-order valence-electron chi connectivity index (χ2n) is 14.1. The first-order chi connectivity index (χ1) is 25.1. The summed E-state index contributed by atoms with van der Waals surface area (Å²) < 4.78 is 37.0. The van der Waals surface area contributed by atoms with Crippen molar-refractivity contribution in [1.82, 2.24) is 14.6 Å². The second-order valence-corrected chi connectivity index (χ2v) is 15.7. The normalized spacial score (nSPS) is 14.5. The molecule has 13 heteroatoms. The van der Waals surface area contributed by atoms with Crippen LogP contribution < -0.4 is 26.1 Å². The molecule has 1 aliphatic rings. The minimum Gasteiger partial charge on any atom is -0.487 e. The van der Waals surface area contributed by atoms with Crippen LogP contribution in [0.15, 0.2) is 87.6 Å². The molecule has 2 heterocycles. The standard InChI is InChI=1S/C40H47N5O7S/c1-25-26(2)35(27(3)31-18-19-40(4,5)52-34(25)31)53(50,51)44-39(41)42-20-10-17-33(38(48)49)43-36(46)32-16-11-21-45(37(32)47)24-30-15-9-14-29(23-30)22-28-12-7-6-8-13-28/h6-9,11-16,21,23,33H,10,17-20,22,24H2,1-5H3,(H,43,46)(H,48,49)(H3,41,42,44)/t33-/m0/s1. The van der Waals surface area contributed by atoms with E-state index in [2.05, 4.69) is 15.0 Å². The lowest BCUT2D eigenvalue weighted by Crippen LogP contribution is -2.43. The number of ether oxygens (including phenoxy) is 1. The molecule has 1 atom stereocenters. The predicted molar refractivity (Wildman–Crippen MR) is 204 cm³/mol. The van der Waals surface area contributed by atoms with Gasteiger partial charge in [-0.25, -0.2) is 17.9 Å². The number of carboxylic acid groups (broad SMARTS) is 1. The Morgan fingerprint density at radius 3 is 2.40 bits per heavy atom. The highest BCUT2D eigenvalue weighted by atomic mass is 32.2. The van der Waals surface area contributed by atoms with Crippen LogP contribution in [0.2, 0.25) is 0 Å². The lowest BCUT2D eigenvalue weighted by atomic mass is 9.88. The molecular formula is C40H47N5O7S. The summed E-state index contributed by atoms with van der Waals surface area (Å²) >= 11 is 0. The van der Waals surface area contributed by atoms with E-state index >= 15 is 0 Å². The number of amides is 1. The molecule has 1 amide bonds. The Hall–Kier alpha value is -5.43. The van der Waals surface area contributed by atoms with Crippen LogP contribution in [0.4, 0.5) is 0 Å². The molecule has 0 saturated carbocycles. The van der Waals surface area contributed by atoms with E-state index in [0.29, 0.717) is 17.5 Å². The molecule has 3 aromatic carbocycles. The van der Waals surface area contributed by atoms with Gasteiger partial charge in [-0.1, -0.05) is 54.6 Å². The van der Waals surface area contributed by atoms with E-state index in [1.165, 1.54) is 10.6 Å². The van der Waals surface area contributed by atoms with Crippen LogP contribution in [0.5, 0.6) is 5.75 Å². The minimum absolute atomic E-state index is 0.0143. The highest BCUT2D eigenvalue weighted by Crippen LogP contribution is 2.42. The number of carbonyl (C=O) groups excluding carboxylic acids is 1. The van der Waals surface area contributed by atoms with Gasteiger partial charge >= 0.3 is 5.97 Å². The molecule has 0 fully saturated rings. The number of rotatable bonds is 13. The molecule has 53 heavy (non-hydrogen) atoms. The fraction of sp³-hybridized carbons (Fsp3) is 0.350. The topological polar surface area (TPSA) is 182 Å². The van der Waals surface area contributed by atoms with Gasteiger partial charge in [-0.3, -0.25) is 14.6 Å². The summed E-state index contributed by atoms with van der Waals surface area (Å²) in [6.45, 7) is 9.55. The van der Waals surface area contributed by atoms with Crippen molar-refractivity contribution in [3.8, 4) is 5.75 Å². The Bertz CT molecular complexity index is 2210. The highest BCUT2D eigenvalue weighted by molar-refractivity contribution is 7.90. The van der Waals surface area contributed by atoms with E-state index in [-0.39, 0.29) is 48.0 Å². The quantitative estimate of drug-likeness (QED) is 0.0859. The molecule has 0 aliphatic carbocycles. The van der Waals surface area contributed by atoms with Gasteiger partial charge in [-0.15, -0.1) is 0 Å². The third kappa shape index (κ3) is 9.33. The number of carboxylic acids is 1. The number of hydrogen-bond donors (Lipinski definition) is 4. The average Bonchev–Trinajstić information content (AvgIpc) is 3.09. The van der Waals surface area contributed by atoms with E-state index in [4.69, 9.17) is 10.5 Å². The minimum atomic E-state index is -4.11. The predicted octanol–water partition coefficient (Wildman–Crippen LogP) is 4.77. The van der Waals surface area contributed by atoms with E-state index in [0.717, 1.165) is 46.4 Å². The number of nitrogens with zero attached hydrogens (tertiary/aromatic N) is 2. The van der Waals surface area contributed by atoms with Gasteiger partial charge in [0.15, 0.2) is 0 Å². The maximum Gasteiger partial charge on any atom is 0.326 e. The Kier molecular flexibility index (Phi) is 11.8. The fourth-order valence-corrected chi connectivity index (χ4v) is 8.19. The molecule has 1 aromatic heterocycles. The zero-order valence-corrected chi connectivity index (χ0v) is 31.5. The summed E-state index contributed by atoms with van der Waals surface area (Å²) in [5, 5.41) is 12.3. The monoisotopic (exact) mass is 741 g/mol. The number of pyridine rings is 1. The van der Waals surface area contributed by atoms with Crippen molar-refractivity contribution in [1.29, 1.82) is 0 Å². The number of sulfonamides is 1. The van der Waals surface area contributed by atoms with Crippen LogP contribution in [0.1, 0.15) is 82.4 Å². The Morgan fingerprint density at radius 2 is 1.68 bits per heavy atom. The SMILES string of the molecule is Cc1c(C)c(S(=O)(=O)NC(N)=NCCC[C@H](NC(=O)c2cccn(Cc3cccc(Cc4ccccc4)c3)c2=O)C(=O)O)c(C)c2c1OC(C)(C)CC2. The number of nitrogens with two attached hydrogens (primary N) is 1. The van der Waals surface area contributed by atoms with Crippen LogP contribution in [0, 0.1) is 20.8 Å². The van der Waals surface area contributed by atoms with Gasteiger partial charge in [0.1, 0.15) is 23.0 Å². The maximum atomic E-state index is 13.5. The summed E-state index contributed by atoms with van der Waals surface area (Å²) in [4.78, 5) is 42.8. The molecule has 1 aliphatic heterocycles. The van der Waals surface area contributed by atoms with Crippen molar-refractivity contribution in [3.05, 3.63) is 128 Å². The van der Waals surface area contributed by atoms with Crippen LogP contribution in [-0.4, -0.2) is 54.1 Å². The van der Waals surface area contributed by atoms with Gasteiger partial charge in [0.2, 0.25) is 5.96 Å². The number of hydrogen-bond acceptors (Lipinski definition) is 7. The van der Waals surface area contributed by atoms with Crippen molar-refractivity contribution in [2.45, 2.75) is 89.8 Å². The smallest absolute Gasteiger partial charge is 0.326 e. The summed E-state index contributed by atoms with van der Waals surface area (Å²) in [6, 6.07) is 19.5. The zero-order valence-electron chi connectivity index (χ0n) is 30.7. The number of guanidine groups is 1. The highest BCUT2D eigenvalue weighted by Gasteiger charge is 2.33. The summed E-state index contributed by atoms with van der Waals surface area (Å²) in [6.07, 6.45) is 3.84. The average molecular weight is 742 g/mol. The van der Waals surface area contributed by atoms with Gasteiger partial charge in [0.05, 0.1) is 11.4 Å². The van der Waals surface area contributed by atoms with Gasteiger partial charge in [-0.05, 0) is 118 Å². The number of aromatic nitrogens is 1. The van der Waals surface area contributed by atoms with Gasteiger partial charge in [0, 0.05) is 12.7 Å². The van der Waals surface area contributed by atoms with Gasteiger partial charge < -0.3 is 25.5 Å². The largest absolute Gasteiger partial charge is 0.487 e. The third-order valence-corrected chi connectivity index (χ3v) is 11.2. The molecule has 0 radical (unpaired) electrons. The molecule has 0 bridgehead atoms. The molecule has 5 rings (SSSR count). The summed E-state index contributed by atoms with van der Waals surface area (Å²) in [5.74, 6) is -1.73. The lowest BCUT2D eigenvalue weighted by molar-refractivity contribution is -0.139. The van der Waals surface area contributed by atoms with E-state index in [1.54, 1.807) is 26.1 Å². The molecule has 4 aromatic rings. The Balaban J connectivity index is 1.19. The van der Waals surface area contributed by atoms with Crippen LogP contribution in [0.3, 0.4) is 0 Å². The van der Waals surface area contributed by atoms with Crippen LogP contribution in [-0.2, 0) is 34.2 Å². The molecular weight excluding hydrogens is 695 g/mol. The first-order valence-corrected chi connectivity index (χ1v) is 19.0. The number of nitrogens with one attached hydrogen (secondary N) is 2. The molecule has 12 nitrogen and oxygen atoms in total. The molecule has 280 valence electrons. The summed E-state index contributed by atoms with van der Waals surface area (Å²) in [5.41, 5.74) is 10.8. The van der Waals surface area contributed by atoms with Crippen LogP contribution in [0.25, 0.3) is 0 Å². The fourth-order valence-electron chi connectivity index (χ4n) is 6.66. The van der Waals surface area contributed by atoms with E-state index in [1.807, 2.05) is 75.4 Å². The number of carbonyl (C=O) groups is 2. The first-order valence-electron chi connectivity index (χ1n) is 17.6. The number of aliphatic imine (C=N–C) groups is 1. The Labute approximate surface area is 310 Å². The number of benzene rings is 3. The molecule has 5 N–H and O–H groups in total. The molecule has 0 saturated heterocycles. The van der Waals surface area contributed by atoms with Crippen LogP contribution >= 0.6 is 0 Å². The molecule has 0 spiro atoms. The van der Waals surface area contributed by atoms with Gasteiger partial charge in [-0.2, -0.15) is 0 Å². The van der Waals surface area contributed by atoms with Gasteiger partial charge in [0.25, 0.3) is 21.5 Å². The maximum absolute atomic E-state index is 13.5. The lowest BCUT2D eigenvalue weighted by Gasteiger charge is -2.35. The number of fused-ring (bicyclic) bond motifs is 1. The van der Waals surface area contributed by atoms with E-state index in [9.17, 15) is 27.9 Å². The zero-order chi connectivity index (χ0) is 38.5. The number of aliphatic carboxylic acids is 1. The van der Waals surface area contributed by atoms with Crippen molar-refractivity contribution in [3.63, 3.8) is 0 Å². The van der Waals surface area contributed by atoms with Crippen molar-refractivity contribution < 1.29 is 27.9 Å². The third-order valence-electron chi connectivity index (χ3n) is 9.57. The Morgan fingerprint density at radius 1 is 0.981 bits per heavy atom. The summed E-state index contributed by atoms with van der Waals surface area (Å²) in [7, 11) is -4.11. The van der Waals surface area contributed by atoms with E-state index < -0.39 is 33.5 Å².